The number of rotatable bonds is 2. The molecular formula is C4H7NO3P+. The predicted octanol–water partition coefficient (Wildman–Crippen LogP) is 0.607. The lowest BCUT2D eigenvalue weighted by Gasteiger charge is -1.95. The third kappa shape index (κ3) is 2.06. The van der Waals surface area contributed by atoms with Crippen molar-refractivity contribution in [2.24, 2.45) is 0 Å². The van der Waals surface area contributed by atoms with Crippen LogP contribution >= 0.6 is 8.03 Å². The monoisotopic (exact) mass is 148 g/mol. The Morgan fingerprint density at radius 1 is 1.89 bits per heavy atom. The Bertz CT molecular complexity index is 160. The Labute approximate surface area is 53.9 Å². The van der Waals surface area contributed by atoms with Crippen LogP contribution < -0.4 is 0 Å². The van der Waals surface area contributed by atoms with E-state index in [0.717, 1.165) is 6.92 Å². The van der Waals surface area contributed by atoms with Crippen molar-refractivity contribution >= 4 is 8.03 Å². The van der Waals surface area contributed by atoms with Gasteiger partial charge in [0.2, 0.25) is 0 Å². The minimum atomic E-state index is -2.28. The second-order valence-electron chi connectivity index (χ2n) is 1.57. The van der Waals surface area contributed by atoms with Crippen LogP contribution in [0.5, 0.6) is 0 Å². The number of aliphatic hydroxyl groups is 1. The first-order chi connectivity index (χ1) is 4.04. The quantitative estimate of drug-likeness (QED) is 0.460. The molecule has 2 unspecified atom stereocenters. The van der Waals surface area contributed by atoms with Crippen LogP contribution in [0.15, 0.2) is 0 Å². The van der Waals surface area contributed by atoms with E-state index in [1.54, 1.807) is 0 Å². The zero-order chi connectivity index (χ0) is 7.49. The maximum Gasteiger partial charge on any atom is 0.559 e. The standard InChI is InChI=1S/C4H7NO3P/c1-4(6,3-5)9(7)8-2/h6H,1-2H3/q+1. The molecule has 0 radical (unpaired) electrons. The number of nitrogens with zero attached hydrogens (tertiary/aromatic N) is 1. The van der Waals surface area contributed by atoms with Gasteiger partial charge in [0.05, 0.1) is 7.11 Å². The molecule has 0 fully saturated rings. The van der Waals surface area contributed by atoms with Crippen LogP contribution in [0.1, 0.15) is 6.92 Å². The van der Waals surface area contributed by atoms with E-state index in [9.17, 15) is 4.57 Å². The lowest BCUT2D eigenvalue weighted by molar-refractivity contribution is 0.185. The van der Waals surface area contributed by atoms with Gasteiger partial charge in [-0.25, -0.2) is 0 Å². The van der Waals surface area contributed by atoms with E-state index in [1.807, 2.05) is 0 Å². The number of hydrogen-bond donors (Lipinski definition) is 1. The van der Waals surface area contributed by atoms with Gasteiger partial charge in [0.25, 0.3) is 0 Å². The van der Waals surface area contributed by atoms with Crippen molar-refractivity contribution in [3.05, 3.63) is 0 Å². The first-order valence-electron chi connectivity index (χ1n) is 2.19. The summed E-state index contributed by atoms with van der Waals surface area (Å²) >= 11 is 0. The van der Waals surface area contributed by atoms with Gasteiger partial charge in [0.15, 0.2) is 6.07 Å². The molecule has 0 aliphatic rings. The van der Waals surface area contributed by atoms with Crippen LogP contribution in [0, 0.1) is 11.3 Å². The molecule has 0 aliphatic heterocycles. The summed E-state index contributed by atoms with van der Waals surface area (Å²) in [7, 11) is -1.11. The van der Waals surface area contributed by atoms with Crippen molar-refractivity contribution in [1.29, 1.82) is 5.26 Å². The molecule has 0 aliphatic carbocycles. The highest BCUT2D eigenvalue weighted by Gasteiger charge is 2.44. The van der Waals surface area contributed by atoms with E-state index in [4.69, 9.17) is 10.4 Å². The van der Waals surface area contributed by atoms with Gasteiger partial charge in [0, 0.05) is 6.92 Å². The summed E-state index contributed by atoms with van der Waals surface area (Å²) in [4.78, 5) is 0. The van der Waals surface area contributed by atoms with Crippen molar-refractivity contribution in [3.63, 3.8) is 0 Å². The van der Waals surface area contributed by atoms with Gasteiger partial charge in [-0.1, -0.05) is 0 Å². The molecule has 5 heteroatoms. The molecule has 9 heavy (non-hydrogen) atoms. The van der Waals surface area contributed by atoms with E-state index < -0.39 is 13.4 Å². The van der Waals surface area contributed by atoms with Gasteiger partial charge in [-0.15, -0.1) is 4.52 Å². The molecule has 4 nitrogen and oxygen atoms in total. The molecule has 0 aromatic carbocycles. The van der Waals surface area contributed by atoms with Crippen molar-refractivity contribution in [3.8, 4) is 6.07 Å². The Kier molecular flexibility index (Phi) is 2.72. The number of nitriles is 1. The molecule has 0 saturated carbocycles. The Morgan fingerprint density at radius 3 is 2.44 bits per heavy atom. The Balaban J connectivity index is 4.19. The van der Waals surface area contributed by atoms with Crippen LogP contribution in [-0.4, -0.2) is 17.6 Å². The highest BCUT2D eigenvalue weighted by molar-refractivity contribution is 7.41. The van der Waals surface area contributed by atoms with Gasteiger partial charge in [-0.3, -0.25) is 0 Å². The molecule has 0 heterocycles. The first kappa shape index (κ1) is 8.51. The normalized spacial score (nSPS) is 17.8. The molecule has 50 valence electrons. The first-order valence-corrected chi connectivity index (χ1v) is 3.37. The SMILES string of the molecule is CO[P+](=O)C(C)(O)C#N. The second-order valence-corrected chi connectivity index (χ2v) is 3.32. The van der Waals surface area contributed by atoms with E-state index >= 15 is 0 Å². The molecule has 0 bridgehead atoms. The molecule has 0 spiro atoms. The van der Waals surface area contributed by atoms with Crippen LogP contribution in [0.3, 0.4) is 0 Å². The zero-order valence-corrected chi connectivity index (χ0v) is 6.05. The van der Waals surface area contributed by atoms with Crippen molar-refractivity contribution in [2.75, 3.05) is 7.11 Å². The van der Waals surface area contributed by atoms with Crippen LogP contribution in [0.25, 0.3) is 0 Å². The van der Waals surface area contributed by atoms with Gasteiger partial charge in [-0.05, 0) is 4.57 Å². The van der Waals surface area contributed by atoms with Gasteiger partial charge < -0.3 is 5.11 Å². The fourth-order valence-corrected chi connectivity index (χ4v) is 0.656. The summed E-state index contributed by atoms with van der Waals surface area (Å²) in [6, 6.07) is 1.44. The van der Waals surface area contributed by atoms with E-state index in [-0.39, 0.29) is 0 Å². The maximum atomic E-state index is 10.5. The van der Waals surface area contributed by atoms with Gasteiger partial charge in [-0.2, -0.15) is 5.26 Å². The number of hydrogen-bond acceptors (Lipinski definition) is 4. The van der Waals surface area contributed by atoms with E-state index in [1.165, 1.54) is 13.2 Å². The maximum absolute atomic E-state index is 10.5. The molecule has 0 saturated heterocycles. The Morgan fingerprint density at radius 2 is 2.33 bits per heavy atom. The van der Waals surface area contributed by atoms with Crippen LogP contribution in [0.4, 0.5) is 0 Å². The minimum absolute atomic E-state index is 1.13. The fraction of sp³-hybridized carbons (Fsp3) is 0.750. The lowest BCUT2D eigenvalue weighted by atomic mass is 10.5. The average molecular weight is 148 g/mol. The third-order valence-corrected chi connectivity index (χ3v) is 1.88. The molecule has 1 N–H and O–H groups in total. The summed E-state index contributed by atoms with van der Waals surface area (Å²) in [6.07, 6.45) is 0. The molecule has 0 amide bonds. The fourth-order valence-electron chi connectivity index (χ4n) is 0.219. The average Bonchev–Trinajstić information content (AvgIpc) is 1.86. The van der Waals surface area contributed by atoms with E-state index in [0.29, 0.717) is 0 Å². The molecule has 0 rings (SSSR count). The highest BCUT2D eigenvalue weighted by Crippen LogP contribution is 2.35. The molecule has 0 aromatic rings. The topological polar surface area (TPSA) is 70.3 Å². The lowest BCUT2D eigenvalue weighted by Crippen LogP contribution is -2.15. The second kappa shape index (κ2) is 2.88. The summed E-state index contributed by atoms with van der Waals surface area (Å²) in [6.45, 7) is 1.13. The minimum Gasteiger partial charge on any atom is -0.335 e. The van der Waals surface area contributed by atoms with Crippen LogP contribution in [-0.2, 0) is 9.09 Å². The summed E-state index contributed by atoms with van der Waals surface area (Å²) < 4.78 is 14.8. The molecular weight excluding hydrogens is 141 g/mol. The summed E-state index contributed by atoms with van der Waals surface area (Å²) in [5.74, 6) is 0. The highest BCUT2D eigenvalue weighted by atomic mass is 31.1. The van der Waals surface area contributed by atoms with Gasteiger partial charge in [0.1, 0.15) is 0 Å². The summed E-state index contributed by atoms with van der Waals surface area (Å²) in [5, 5.41) is 15.1. The van der Waals surface area contributed by atoms with E-state index in [2.05, 4.69) is 4.52 Å². The van der Waals surface area contributed by atoms with Crippen LogP contribution in [0.2, 0.25) is 0 Å². The predicted molar refractivity (Wildman–Crippen MR) is 30.9 cm³/mol. The van der Waals surface area contributed by atoms with Crippen molar-refractivity contribution in [1.82, 2.24) is 0 Å². The zero-order valence-electron chi connectivity index (χ0n) is 5.16. The Hall–Kier alpha value is -0.490. The molecule has 0 aromatic heterocycles. The van der Waals surface area contributed by atoms with Crippen molar-refractivity contribution in [2.45, 2.75) is 12.3 Å². The van der Waals surface area contributed by atoms with Crippen molar-refractivity contribution < 1.29 is 14.2 Å². The largest absolute Gasteiger partial charge is 0.559 e. The third-order valence-electron chi connectivity index (χ3n) is 0.733. The smallest absolute Gasteiger partial charge is 0.335 e. The molecule has 2 atom stereocenters. The summed E-state index contributed by atoms with van der Waals surface area (Å²) in [5.41, 5.74) is 0. The van der Waals surface area contributed by atoms with Gasteiger partial charge >= 0.3 is 13.4 Å².